The molecule has 0 aromatic rings. The van der Waals surface area contributed by atoms with Crippen LogP contribution in [0, 0.1) is 56.2 Å². The van der Waals surface area contributed by atoms with Crippen LogP contribution in [-0.4, -0.2) is 363 Å². The lowest BCUT2D eigenvalue weighted by Gasteiger charge is -2.73. The van der Waals surface area contributed by atoms with Gasteiger partial charge in [-0.15, -0.1) is 0 Å². The Bertz CT molecular complexity index is 3090. The molecule has 7 saturated heterocycles. The fourth-order valence-corrected chi connectivity index (χ4v) is 20.8. The Labute approximate surface area is 611 Å². The van der Waals surface area contributed by atoms with Gasteiger partial charge in [0.15, 0.2) is 37.6 Å². The molecule has 0 unspecified atom stereocenters. The normalized spacial score (nSPS) is 53.7. The van der Waals surface area contributed by atoms with Crippen molar-refractivity contribution in [1.29, 1.82) is 0 Å². The number of rotatable bonds is 18. The monoisotopic (exact) mass is 1530 g/mol. The molecular weight excluding hydrogens is 1410 g/mol. The predicted octanol–water partition coefficient (Wildman–Crippen LogP) is -7.65. The summed E-state index contributed by atoms with van der Waals surface area (Å²) in [4.78, 5) is 29.5. The van der Waals surface area contributed by atoms with E-state index in [1.807, 2.05) is 20.8 Å². The molecule has 5 aliphatic carbocycles. The first-order valence-corrected chi connectivity index (χ1v) is 37.0. The van der Waals surface area contributed by atoms with E-state index < -0.39 is 305 Å². The number of carbonyl (C=O) groups excluding carboxylic acids is 2. The molecule has 12 rings (SSSR count). The Morgan fingerprint density at radius 3 is 1.63 bits per heavy atom. The largest absolute Gasteiger partial charge is 0.432 e. The van der Waals surface area contributed by atoms with Gasteiger partial charge in [-0.3, -0.25) is 9.59 Å². The number of aliphatic hydroxyl groups is 20. The zero-order valence-electron chi connectivity index (χ0n) is 60.7. The zero-order valence-corrected chi connectivity index (χ0v) is 60.7. The van der Waals surface area contributed by atoms with Crippen LogP contribution in [0.2, 0.25) is 0 Å². The third-order valence-electron chi connectivity index (χ3n) is 27.2. The topological polar surface area (TPSA) is 571 Å². The van der Waals surface area contributed by atoms with Gasteiger partial charge in [-0.1, -0.05) is 60.1 Å². The molecular formula is C70H113NO35. The summed E-state index contributed by atoms with van der Waals surface area (Å²) in [6.07, 6.45) is -47.3. The number of aliphatic hydroxyl groups excluding tert-OH is 19. The Morgan fingerprint density at radius 1 is 0.528 bits per heavy atom. The molecule has 11 fully saturated rings. The lowest BCUT2D eigenvalue weighted by molar-refractivity contribution is -0.365. The highest BCUT2D eigenvalue weighted by molar-refractivity contribution is 5.80. The fraction of sp³-hybridized carbons (Fsp3) is 0.943. The second-order valence-corrected chi connectivity index (χ2v) is 34.0. The summed E-state index contributed by atoms with van der Waals surface area (Å²) in [7, 11) is 0. The van der Waals surface area contributed by atoms with Gasteiger partial charge in [0.25, 0.3) is 0 Å². The molecule has 0 aromatic heterocycles. The Kier molecular flexibility index (Phi) is 24.2. The van der Waals surface area contributed by atoms with Crippen LogP contribution in [0.1, 0.15) is 107 Å². The molecule has 0 aromatic carbocycles. The van der Waals surface area contributed by atoms with Crippen molar-refractivity contribution < 1.29 is 173 Å². The molecule has 12 aliphatic rings. The first kappa shape index (κ1) is 82.8. The maximum atomic E-state index is 15.9. The van der Waals surface area contributed by atoms with Crippen molar-refractivity contribution in [2.24, 2.45) is 56.2 Å². The molecule has 0 bridgehead atoms. The quantitative estimate of drug-likeness (QED) is 0.0448. The molecule has 36 heteroatoms. The van der Waals surface area contributed by atoms with Crippen molar-refractivity contribution >= 4 is 11.9 Å². The smallest absolute Gasteiger partial charge is 0.317 e. The summed E-state index contributed by atoms with van der Waals surface area (Å²) in [5.74, 6) is -3.50. The van der Waals surface area contributed by atoms with Gasteiger partial charge in [-0.2, -0.15) is 0 Å². The van der Waals surface area contributed by atoms with Gasteiger partial charge in [-0.05, 0) is 96.7 Å². The Morgan fingerprint density at radius 2 is 1.08 bits per heavy atom. The SMILES string of the molecule is CC(=O)N[C@H]1[C@H]([C@H]2CC[C@]3(C)[C@H]4CC=C5[C@@H]6CC(C)(C)CC[C@]6(C(=O)O[C@@H]6O[C@H](CO)[C@@H](O[C@@H]7OC[C@](O)(CO)[C@H]7O)[C@H](O)[C@H]6O[C@@H]6OC[C@@H](O)[C@H](O)[C@H]6O)[C@H](O)[C@H](O)[C@@]5(C)[C@]4(C)CC[C@H]3C2(C)C)O[C@H](CO[C@@H]2O[C@H](CO)[C@@H](O)[C@H](O[C@@H]3OC[C@@H](O)[C@H](O)[C@H]3O)[C@H]2O)[C@@H](O)[C@@H]1O[C@@H]1OC[C@@H](O)[C@H](O)[C@H]1O. The van der Waals surface area contributed by atoms with E-state index >= 15 is 4.79 Å². The average molecular weight is 1530 g/mol. The van der Waals surface area contributed by atoms with E-state index in [1.165, 1.54) is 6.92 Å². The summed E-state index contributed by atoms with van der Waals surface area (Å²) in [6, 6.07) is -1.25. The Balaban J connectivity index is 0.836. The third kappa shape index (κ3) is 14.0. The van der Waals surface area contributed by atoms with Crippen molar-refractivity contribution in [3.63, 3.8) is 0 Å². The average Bonchev–Trinajstić information content (AvgIpc) is 0.713. The number of carbonyl (C=O) groups is 2. The maximum absolute atomic E-state index is 15.9. The maximum Gasteiger partial charge on any atom is 0.317 e. The van der Waals surface area contributed by atoms with Crippen LogP contribution in [0.3, 0.4) is 0 Å². The van der Waals surface area contributed by atoms with Crippen molar-refractivity contribution in [2.75, 3.05) is 52.9 Å². The summed E-state index contributed by atoms with van der Waals surface area (Å²) in [5.41, 5.74) is -7.41. The van der Waals surface area contributed by atoms with Crippen LogP contribution in [0.4, 0.5) is 0 Å². The molecule has 106 heavy (non-hydrogen) atoms. The molecule has 7 aliphatic heterocycles. The highest BCUT2D eigenvalue weighted by Gasteiger charge is 2.76. The molecule has 0 radical (unpaired) electrons. The van der Waals surface area contributed by atoms with Gasteiger partial charge in [0, 0.05) is 12.3 Å². The zero-order chi connectivity index (χ0) is 77.4. The number of hydrogen-bond acceptors (Lipinski definition) is 35. The van der Waals surface area contributed by atoms with Crippen LogP contribution in [0.15, 0.2) is 11.6 Å². The molecule has 36 nitrogen and oxygen atoms in total. The summed E-state index contributed by atoms with van der Waals surface area (Å²) in [5, 5.41) is 226. The van der Waals surface area contributed by atoms with Gasteiger partial charge in [0.05, 0.1) is 77.2 Å². The van der Waals surface area contributed by atoms with E-state index in [0.717, 1.165) is 0 Å². The molecule has 40 atom stereocenters. The number of esters is 1. The number of ether oxygens (including phenoxy) is 13. The van der Waals surface area contributed by atoms with E-state index in [4.69, 9.17) is 61.6 Å². The van der Waals surface area contributed by atoms with Gasteiger partial charge in [0.2, 0.25) is 12.2 Å². The van der Waals surface area contributed by atoms with E-state index in [1.54, 1.807) is 0 Å². The lowest BCUT2D eigenvalue weighted by Crippen LogP contribution is -2.73. The van der Waals surface area contributed by atoms with Gasteiger partial charge >= 0.3 is 5.97 Å². The first-order valence-electron chi connectivity index (χ1n) is 37.0. The van der Waals surface area contributed by atoms with E-state index in [9.17, 15) is 107 Å². The second kappa shape index (κ2) is 31.0. The van der Waals surface area contributed by atoms with E-state index in [-0.39, 0.29) is 18.3 Å². The second-order valence-electron chi connectivity index (χ2n) is 34.0. The summed E-state index contributed by atoms with van der Waals surface area (Å²) < 4.78 is 78.0. The van der Waals surface area contributed by atoms with Gasteiger partial charge in [-0.25, -0.2) is 0 Å². The molecule has 1 amide bonds. The van der Waals surface area contributed by atoms with E-state index in [2.05, 4.69) is 39.1 Å². The number of amides is 1. The lowest BCUT2D eigenvalue weighted by atomic mass is 9.32. The first-order chi connectivity index (χ1) is 49.7. The predicted molar refractivity (Wildman–Crippen MR) is 350 cm³/mol. The standard InChI is InChI=1S/C70H113NO35/c1-26(75)71-38-49(99-35(43(83)51(38)103-57-44(84)39(79)30(76)20-94-57)23-97-60-48(88)52(42(82)33(18-72)100-60)104-58-45(85)40(80)31(77)21-95-58)28-11-13-66(6)36(65(28,4)5)12-14-67(7)37(66)10-9-27-29-17-64(2,3)15-16-70(29,55(90)54(89)68(27,67)8)63(92)106-61-53(105-59-46(86)41(81)32(78)22-96-59)47(87)50(34(19-73)101-61)102-62-56(91)69(93,24-74)25-98-62/h9,28-62,72-74,76-91,93H,10-25H2,1-8H3,(H,71,75)/t28-,29+,30-,31-,32-,33-,34-,35-,36+,37-,38+,39+,40+,41+,42-,43-,44-,45-,46-,47+,48-,49+,50-,51-,52+,53-,54+,55-,56+,57+,58+,59+,60-,61+,62+,66+,67-,68+,69-,70-/m1/s1. The van der Waals surface area contributed by atoms with E-state index in [0.29, 0.717) is 50.5 Å². The van der Waals surface area contributed by atoms with Crippen LogP contribution < -0.4 is 5.32 Å². The highest BCUT2D eigenvalue weighted by Crippen LogP contribution is 2.77. The van der Waals surface area contributed by atoms with Crippen LogP contribution in [0.5, 0.6) is 0 Å². The van der Waals surface area contributed by atoms with Gasteiger partial charge in [0.1, 0.15) is 133 Å². The summed E-state index contributed by atoms with van der Waals surface area (Å²) in [6.45, 7) is 10.1. The van der Waals surface area contributed by atoms with Crippen molar-refractivity contribution in [3.8, 4) is 0 Å². The number of hydrogen-bond donors (Lipinski definition) is 21. The number of fused-ring (bicyclic) bond motifs is 7. The molecule has 21 N–H and O–H groups in total. The van der Waals surface area contributed by atoms with Crippen LogP contribution in [0.25, 0.3) is 0 Å². The molecule has 7 heterocycles. The Hall–Kier alpha value is -2.60. The molecule has 608 valence electrons. The van der Waals surface area contributed by atoms with Crippen LogP contribution in [-0.2, 0) is 71.2 Å². The molecule has 4 saturated carbocycles. The number of nitrogens with one attached hydrogen (secondary N) is 1. The minimum atomic E-state index is -2.20. The van der Waals surface area contributed by atoms with Crippen molar-refractivity contribution in [2.45, 2.75) is 303 Å². The highest BCUT2D eigenvalue weighted by atomic mass is 16.8. The minimum absolute atomic E-state index is 0.0424. The third-order valence-corrected chi connectivity index (χ3v) is 27.2. The fourth-order valence-electron chi connectivity index (χ4n) is 20.8. The van der Waals surface area contributed by atoms with Crippen molar-refractivity contribution in [3.05, 3.63) is 11.6 Å². The minimum Gasteiger partial charge on any atom is -0.432 e. The van der Waals surface area contributed by atoms with Gasteiger partial charge < -0.3 is 169 Å². The summed E-state index contributed by atoms with van der Waals surface area (Å²) >= 11 is 0. The number of allylic oxidation sites excluding steroid dienone is 1. The molecule has 0 spiro atoms. The van der Waals surface area contributed by atoms with Crippen molar-refractivity contribution in [1.82, 2.24) is 5.32 Å². The van der Waals surface area contributed by atoms with Crippen LogP contribution >= 0.6 is 0 Å².